The van der Waals surface area contributed by atoms with Crippen molar-refractivity contribution >= 4 is 0 Å². The predicted octanol–water partition coefficient (Wildman–Crippen LogP) is 3.21. The van der Waals surface area contributed by atoms with Crippen molar-refractivity contribution in [3.63, 3.8) is 0 Å². The second kappa shape index (κ2) is 7.06. The highest BCUT2D eigenvalue weighted by molar-refractivity contribution is 5.22. The summed E-state index contributed by atoms with van der Waals surface area (Å²) in [5, 5.41) is 3.72. The van der Waals surface area contributed by atoms with Crippen LogP contribution in [0.3, 0.4) is 0 Å². The minimum atomic E-state index is 0.650. The summed E-state index contributed by atoms with van der Waals surface area (Å²) in [6.07, 6.45) is 2.52. The second-order valence-electron chi connectivity index (χ2n) is 6.02. The van der Waals surface area contributed by atoms with Gasteiger partial charge in [-0.2, -0.15) is 0 Å². The third-order valence-corrected chi connectivity index (χ3v) is 4.33. The van der Waals surface area contributed by atoms with E-state index in [1.807, 2.05) is 0 Å². The van der Waals surface area contributed by atoms with Gasteiger partial charge in [-0.15, -0.1) is 0 Å². The summed E-state index contributed by atoms with van der Waals surface area (Å²) in [4.78, 5) is 2.62. The van der Waals surface area contributed by atoms with Gasteiger partial charge in [-0.05, 0) is 37.9 Å². The van der Waals surface area contributed by atoms with E-state index >= 15 is 0 Å². The van der Waals surface area contributed by atoms with Gasteiger partial charge in [-0.1, -0.05) is 50.1 Å². The second-order valence-corrected chi connectivity index (χ2v) is 6.02. The highest BCUT2D eigenvalue weighted by atomic mass is 15.2. The number of aryl methyl sites for hydroxylation is 1. The largest absolute Gasteiger partial charge is 0.312 e. The smallest absolute Gasteiger partial charge is 0.0234 e. The first-order valence-corrected chi connectivity index (χ1v) is 7.70. The fourth-order valence-electron chi connectivity index (χ4n) is 2.90. The molecule has 2 atom stereocenters. The van der Waals surface area contributed by atoms with Gasteiger partial charge in [0.25, 0.3) is 0 Å². The van der Waals surface area contributed by atoms with Gasteiger partial charge in [0.2, 0.25) is 0 Å². The number of hydrogen-bond acceptors (Lipinski definition) is 2. The van der Waals surface area contributed by atoms with Gasteiger partial charge in [-0.25, -0.2) is 0 Å². The first kappa shape index (κ1) is 14.5. The SMILES string of the molecule is CCC(C)C1CN(Cc2cccc(C)c2)CCCN1. The molecule has 1 N–H and O–H groups in total. The van der Waals surface area contributed by atoms with E-state index in [2.05, 4.69) is 55.3 Å². The normalized spacial score (nSPS) is 23.0. The predicted molar refractivity (Wildman–Crippen MR) is 82.3 cm³/mol. The summed E-state index contributed by atoms with van der Waals surface area (Å²) in [5.74, 6) is 0.762. The van der Waals surface area contributed by atoms with Gasteiger partial charge in [-0.3, -0.25) is 4.90 Å². The van der Waals surface area contributed by atoms with Gasteiger partial charge >= 0.3 is 0 Å². The molecule has 1 aliphatic rings. The van der Waals surface area contributed by atoms with Crippen molar-refractivity contribution in [2.24, 2.45) is 5.92 Å². The molecule has 2 unspecified atom stereocenters. The van der Waals surface area contributed by atoms with Gasteiger partial charge in [0.1, 0.15) is 0 Å². The Balaban J connectivity index is 1.98. The molecule has 2 nitrogen and oxygen atoms in total. The lowest BCUT2D eigenvalue weighted by atomic mass is 9.99. The van der Waals surface area contributed by atoms with E-state index in [0.717, 1.165) is 12.5 Å². The molecule has 1 aromatic carbocycles. The number of nitrogens with zero attached hydrogens (tertiary/aromatic N) is 1. The van der Waals surface area contributed by atoms with Crippen LogP contribution in [-0.2, 0) is 6.54 Å². The van der Waals surface area contributed by atoms with Crippen LogP contribution in [0.4, 0.5) is 0 Å². The zero-order valence-corrected chi connectivity index (χ0v) is 12.7. The third kappa shape index (κ3) is 4.32. The molecule has 1 aliphatic heterocycles. The molecule has 0 radical (unpaired) electrons. The molecular weight excluding hydrogens is 232 g/mol. The lowest BCUT2D eigenvalue weighted by molar-refractivity contribution is 0.231. The van der Waals surface area contributed by atoms with Crippen LogP contribution >= 0.6 is 0 Å². The zero-order chi connectivity index (χ0) is 13.7. The van der Waals surface area contributed by atoms with Crippen LogP contribution in [0.2, 0.25) is 0 Å². The van der Waals surface area contributed by atoms with Crippen LogP contribution in [-0.4, -0.2) is 30.6 Å². The first-order valence-electron chi connectivity index (χ1n) is 7.70. The molecule has 1 aromatic rings. The molecule has 2 rings (SSSR count). The van der Waals surface area contributed by atoms with Crippen LogP contribution in [0.25, 0.3) is 0 Å². The maximum absolute atomic E-state index is 3.72. The summed E-state index contributed by atoms with van der Waals surface area (Å²) in [5.41, 5.74) is 2.81. The topological polar surface area (TPSA) is 15.3 Å². The summed E-state index contributed by atoms with van der Waals surface area (Å²) in [6.45, 7) is 11.5. The zero-order valence-electron chi connectivity index (χ0n) is 12.7. The molecule has 0 bridgehead atoms. The van der Waals surface area contributed by atoms with Gasteiger partial charge in [0.05, 0.1) is 0 Å². The Morgan fingerprint density at radius 2 is 2.26 bits per heavy atom. The van der Waals surface area contributed by atoms with Crippen molar-refractivity contribution < 1.29 is 0 Å². The molecule has 1 heterocycles. The Morgan fingerprint density at radius 3 is 3.00 bits per heavy atom. The summed E-state index contributed by atoms with van der Waals surface area (Å²) in [7, 11) is 0. The maximum atomic E-state index is 3.72. The van der Waals surface area contributed by atoms with E-state index in [4.69, 9.17) is 0 Å². The molecule has 0 saturated carbocycles. The highest BCUT2D eigenvalue weighted by Crippen LogP contribution is 2.15. The average molecular weight is 260 g/mol. The van der Waals surface area contributed by atoms with E-state index in [9.17, 15) is 0 Å². The number of nitrogens with one attached hydrogen (secondary N) is 1. The lowest BCUT2D eigenvalue weighted by Crippen LogP contribution is -2.41. The maximum Gasteiger partial charge on any atom is 0.0234 e. The van der Waals surface area contributed by atoms with Crippen molar-refractivity contribution in [1.29, 1.82) is 0 Å². The van der Waals surface area contributed by atoms with Crippen LogP contribution in [0, 0.1) is 12.8 Å². The first-order chi connectivity index (χ1) is 9.19. The van der Waals surface area contributed by atoms with Gasteiger partial charge in [0.15, 0.2) is 0 Å². The van der Waals surface area contributed by atoms with Crippen LogP contribution in [0.15, 0.2) is 24.3 Å². The number of benzene rings is 1. The minimum absolute atomic E-state index is 0.650. The fraction of sp³-hybridized carbons (Fsp3) is 0.647. The van der Waals surface area contributed by atoms with Crippen molar-refractivity contribution in [3.05, 3.63) is 35.4 Å². The van der Waals surface area contributed by atoms with E-state index in [0.29, 0.717) is 6.04 Å². The van der Waals surface area contributed by atoms with Crippen LogP contribution in [0.1, 0.15) is 37.8 Å². The van der Waals surface area contributed by atoms with E-state index in [-0.39, 0.29) is 0 Å². The Kier molecular flexibility index (Phi) is 5.41. The Bertz CT molecular complexity index is 389. The lowest BCUT2D eigenvalue weighted by Gasteiger charge is -2.28. The quantitative estimate of drug-likeness (QED) is 0.894. The molecule has 0 amide bonds. The van der Waals surface area contributed by atoms with E-state index in [1.165, 1.54) is 43.6 Å². The summed E-state index contributed by atoms with van der Waals surface area (Å²) >= 11 is 0. The van der Waals surface area contributed by atoms with E-state index < -0.39 is 0 Å². The van der Waals surface area contributed by atoms with Crippen molar-refractivity contribution in [2.45, 2.75) is 46.2 Å². The van der Waals surface area contributed by atoms with Crippen LogP contribution < -0.4 is 5.32 Å². The molecule has 1 saturated heterocycles. The monoisotopic (exact) mass is 260 g/mol. The molecule has 0 spiro atoms. The molecule has 106 valence electrons. The molecular formula is C17H28N2. The van der Waals surface area contributed by atoms with Crippen molar-refractivity contribution in [1.82, 2.24) is 10.2 Å². The fourth-order valence-corrected chi connectivity index (χ4v) is 2.90. The summed E-state index contributed by atoms with van der Waals surface area (Å²) < 4.78 is 0. The van der Waals surface area contributed by atoms with Gasteiger partial charge in [0, 0.05) is 19.1 Å². The molecule has 0 aliphatic carbocycles. The number of hydrogen-bond donors (Lipinski definition) is 1. The minimum Gasteiger partial charge on any atom is -0.312 e. The van der Waals surface area contributed by atoms with Gasteiger partial charge < -0.3 is 5.32 Å². The molecule has 1 fully saturated rings. The van der Waals surface area contributed by atoms with E-state index in [1.54, 1.807) is 0 Å². The summed E-state index contributed by atoms with van der Waals surface area (Å²) in [6, 6.07) is 9.57. The van der Waals surface area contributed by atoms with Crippen molar-refractivity contribution in [3.8, 4) is 0 Å². The van der Waals surface area contributed by atoms with Crippen LogP contribution in [0.5, 0.6) is 0 Å². The standard InChI is InChI=1S/C17H28N2/c1-4-15(3)17-13-19(10-6-9-18-17)12-16-8-5-7-14(2)11-16/h5,7-8,11,15,17-18H,4,6,9-10,12-13H2,1-3H3. The highest BCUT2D eigenvalue weighted by Gasteiger charge is 2.21. The Morgan fingerprint density at radius 1 is 1.42 bits per heavy atom. The van der Waals surface area contributed by atoms with Crippen molar-refractivity contribution in [2.75, 3.05) is 19.6 Å². The molecule has 2 heteroatoms. The Hall–Kier alpha value is -0.860. The average Bonchev–Trinajstić information content (AvgIpc) is 2.63. The Labute approximate surface area is 118 Å². The third-order valence-electron chi connectivity index (χ3n) is 4.33. The molecule has 19 heavy (non-hydrogen) atoms. The number of rotatable bonds is 4. The molecule has 0 aromatic heterocycles.